The lowest BCUT2D eigenvalue weighted by Gasteiger charge is -2.36. The first-order chi connectivity index (χ1) is 14.0. The van der Waals surface area contributed by atoms with Crippen LogP contribution in [0.2, 0.25) is 0 Å². The maximum Gasteiger partial charge on any atom is 0.239 e. The highest BCUT2D eigenvalue weighted by Gasteiger charge is 2.34. The van der Waals surface area contributed by atoms with E-state index < -0.39 is 10.0 Å². The van der Waals surface area contributed by atoms with E-state index in [2.05, 4.69) is 32.2 Å². The Bertz CT molecular complexity index is 938. The third-order valence-corrected chi connectivity index (χ3v) is 9.29. The third kappa shape index (κ3) is 5.05. The molecule has 0 bridgehead atoms. The Kier molecular flexibility index (Phi) is 6.92. The topological polar surface area (TPSA) is 93.5 Å². The highest BCUT2D eigenvalue weighted by atomic mass is 32.2. The molecule has 30 heavy (non-hydrogen) atoms. The van der Waals surface area contributed by atoms with Gasteiger partial charge in [-0.2, -0.15) is 9.57 Å². The minimum absolute atomic E-state index is 0.150. The van der Waals surface area contributed by atoms with Crippen molar-refractivity contribution in [2.24, 2.45) is 11.3 Å². The van der Waals surface area contributed by atoms with Crippen LogP contribution in [0.4, 0.5) is 5.00 Å². The third-order valence-electron chi connectivity index (χ3n) is 6.81. The molecular formula is C21H32N4O3S2. The predicted octanol–water partition coefficient (Wildman–Crippen LogP) is 2.68. The van der Waals surface area contributed by atoms with E-state index in [-0.39, 0.29) is 17.9 Å². The molecule has 1 aliphatic carbocycles. The molecule has 0 spiro atoms. The first-order valence-corrected chi connectivity index (χ1v) is 13.2. The average molecular weight is 453 g/mol. The predicted molar refractivity (Wildman–Crippen MR) is 120 cm³/mol. The number of fused-ring (bicyclic) bond motifs is 1. The van der Waals surface area contributed by atoms with Gasteiger partial charge in [0.1, 0.15) is 11.1 Å². The Morgan fingerprint density at radius 1 is 1.30 bits per heavy atom. The number of nitrogens with zero attached hydrogens (tertiary/aromatic N) is 3. The number of nitriles is 1. The number of amides is 1. The fraction of sp³-hybridized carbons (Fsp3) is 0.714. The van der Waals surface area contributed by atoms with Crippen LogP contribution in [0, 0.1) is 22.7 Å². The monoisotopic (exact) mass is 452 g/mol. The van der Waals surface area contributed by atoms with E-state index in [0.717, 1.165) is 31.2 Å². The maximum atomic E-state index is 12.6. The summed E-state index contributed by atoms with van der Waals surface area (Å²) in [7, 11) is -3.18. The summed E-state index contributed by atoms with van der Waals surface area (Å²) in [6, 6.07) is 2.31. The fourth-order valence-corrected chi connectivity index (χ4v) is 6.46. The molecule has 166 valence electrons. The quantitative estimate of drug-likeness (QED) is 0.716. The van der Waals surface area contributed by atoms with Crippen molar-refractivity contribution in [3.63, 3.8) is 0 Å². The van der Waals surface area contributed by atoms with Gasteiger partial charge in [-0.15, -0.1) is 11.3 Å². The van der Waals surface area contributed by atoms with Crippen LogP contribution in [0.1, 0.15) is 49.6 Å². The second-order valence-electron chi connectivity index (χ2n) is 9.09. The van der Waals surface area contributed by atoms with Crippen molar-refractivity contribution >= 4 is 32.3 Å². The van der Waals surface area contributed by atoms with E-state index in [1.165, 1.54) is 15.4 Å². The molecule has 7 nitrogen and oxygen atoms in total. The Labute approximate surface area is 184 Å². The average Bonchev–Trinajstić information content (AvgIpc) is 3.03. The van der Waals surface area contributed by atoms with E-state index in [0.29, 0.717) is 42.7 Å². The van der Waals surface area contributed by atoms with E-state index >= 15 is 0 Å². The summed E-state index contributed by atoms with van der Waals surface area (Å²) in [5.74, 6) is 0.443. The van der Waals surface area contributed by atoms with Gasteiger partial charge in [-0.3, -0.25) is 9.69 Å². The zero-order valence-corrected chi connectivity index (χ0v) is 20.0. The van der Waals surface area contributed by atoms with Crippen molar-refractivity contribution in [1.29, 1.82) is 5.26 Å². The minimum Gasteiger partial charge on any atom is -0.315 e. The number of rotatable bonds is 6. The van der Waals surface area contributed by atoms with Crippen LogP contribution in [-0.4, -0.2) is 62.5 Å². The van der Waals surface area contributed by atoms with Gasteiger partial charge in [0.05, 0.1) is 18.4 Å². The van der Waals surface area contributed by atoms with Crippen LogP contribution >= 0.6 is 11.3 Å². The molecule has 1 unspecified atom stereocenters. The minimum atomic E-state index is -3.18. The van der Waals surface area contributed by atoms with Gasteiger partial charge in [-0.25, -0.2) is 8.42 Å². The molecule has 1 aliphatic heterocycles. The molecule has 1 aromatic heterocycles. The van der Waals surface area contributed by atoms with Gasteiger partial charge < -0.3 is 5.32 Å². The van der Waals surface area contributed by atoms with Gasteiger partial charge in [0.15, 0.2) is 0 Å². The number of carbonyl (C=O) groups is 1. The van der Waals surface area contributed by atoms with Crippen molar-refractivity contribution in [1.82, 2.24) is 9.21 Å². The highest BCUT2D eigenvalue weighted by Crippen LogP contribution is 2.45. The number of nitrogens with one attached hydrogen (secondary N) is 1. The molecule has 3 rings (SSSR count). The molecule has 1 fully saturated rings. The van der Waals surface area contributed by atoms with E-state index in [1.54, 1.807) is 11.3 Å². The number of sulfonamides is 1. The normalized spacial score (nSPS) is 21.1. The summed E-state index contributed by atoms with van der Waals surface area (Å²) < 4.78 is 24.7. The molecule has 0 aromatic carbocycles. The fourth-order valence-electron chi connectivity index (χ4n) is 4.34. The van der Waals surface area contributed by atoms with Crippen LogP contribution in [0.3, 0.4) is 0 Å². The number of thiophene rings is 1. The molecular weight excluding hydrogens is 420 g/mol. The smallest absolute Gasteiger partial charge is 0.239 e. The van der Waals surface area contributed by atoms with Crippen LogP contribution in [0.5, 0.6) is 0 Å². The number of piperazine rings is 1. The summed E-state index contributed by atoms with van der Waals surface area (Å²) in [6.07, 6.45) is 5.28. The first-order valence-electron chi connectivity index (χ1n) is 10.6. The van der Waals surface area contributed by atoms with E-state index in [4.69, 9.17) is 0 Å². The van der Waals surface area contributed by atoms with Crippen molar-refractivity contribution in [2.45, 2.75) is 46.5 Å². The lowest BCUT2D eigenvalue weighted by molar-refractivity contribution is -0.117. The van der Waals surface area contributed by atoms with Crippen LogP contribution in [0.25, 0.3) is 0 Å². The molecule has 1 atom stereocenters. The molecule has 1 saturated heterocycles. The van der Waals surface area contributed by atoms with Gasteiger partial charge in [0, 0.05) is 31.1 Å². The summed E-state index contributed by atoms with van der Waals surface area (Å²) in [4.78, 5) is 15.8. The van der Waals surface area contributed by atoms with Crippen LogP contribution in [0.15, 0.2) is 0 Å². The highest BCUT2D eigenvalue weighted by molar-refractivity contribution is 7.88. The van der Waals surface area contributed by atoms with Gasteiger partial charge >= 0.3 is 0 Å². The molecule has 1 N–H and O–H groups in total. The standard InChI is InChI=1S/C21H32N4O3S2/c1-5-21(2,3)15-6-7-16-17(13-22)20(29-18(16)12-15)23-19(26)14-24-8-10-25(11-9-24)30(4,27)28/h15H,5-12,14H2,1-4H3,(H,23,26). The van der Waals surface area contributed by atoms with Crippen molar-refractivity contribution in [2.75, 3.05) is 44.3 Å². The number of hydrogen-bond acceptors (Lipinski definition) is 6. The number of carbonyl (C=O) groups excluding carboxylic acids is 1. The number of hydrogen-bond donors (Lipinski definition) is 1. The lowest BCUT2D eigenvalue weighted by atomic mass is 9.69. The Morgan fingerprint density at radius 2 is 1.97 bits per heavy atom. The SMILES string of the molecule is CCC(C)(C)C1CCc2c(sc(NC(=O)CN3CCN(S(C)(=O)=O)CC3)c2C#N)C1. The van der Waals surface area contributed by atoms with Crippen LogP contribution in [-0.2, 0) is 27.7 Å². The second kappa shape index (κ2) is 8.95. The zero-order valence-electron chi connectivity index (χ0n) is 18.3. The van der Waals surface area contributed by atoms with E-state index in [9.17, 15) is 18.5 Å². The van der Waals surface area contributed by atoms with Gasteiger partial charge in [0.25, 0.3) is 0 Å². The van der Waals surface area contributed by atoms with Crippen molar-refractivity contribution in [3.8, 4) is 6.07 Å². The summed E-state index contributed by atoms with van der Waals surface area (Å²) >= 11 is 1.55. The van der Waals surface area contributed by atoms with E-state index in [1.807, 2.05) is 4.90 Å². The van der Waals surface area contributed by atoms with Crippen molar-refractivity contribution in [3.05, 3.63) is 16.0 Å². The number of anilines is 1. The Morgan fingerprint density at radius 3 is 2.53 bits per heavy atom. The first kappa shape index (κ1) is 23.2. The zero-order chi connectivity index (χ0) is 22.1. The van der Waals surface area contributed by atoms with Gasteiger partial charge in [0.2, 0.25) is 15.9 Å². The Hall–Kier alpha value is -1.47. The summed E-state index contributed by atoms with van der Waals surface area (Å²) in [5, 5.41) is 13.3. The molecule has 1 amide bonds. The summed E-state index contributed by atoms with van der Waals surface area (Å²) in [6.45, 7) is 8.92. The second-order valence-corrected chi connectivity index (χ2v) is 12.2. The maximum absolute atomic E-state index is 12.6. The van der Waals surface area contributed by atoms with Gasteiger partial charge in [-0.05, 0) is 36.2 Å². The van der Waals surface area contributed by atoms with Gasteiger partial charge in [-0.1, -0.05) is 27.2 Å². The molecule has 9 heteroatoms. The van der Waals surface area contributed by atoms with Crippen molar-refractivity contribution < 1.29 is 13.2 Å². The molecule has 2 heterocycles. The molecule has 1 aromatic rings. The van der Waals surface area contributed by atoms with Crippen LogP contribution < -0.4 is 5.32 Å². The molecule has 2 aliphatic rings. The Balaban J connectivity index is 1.64. The largest absolute Gasteiger partial charge is 0.315 e. The summed E-state index contributed by atoms with van der Waals surface area (Å²) in [5.41, 5.74) is 2.01. The molecule has 0 saturated carbocycles. The molecule has 0 radical (unpaired) electrons. The lowest BCUT2D eigenvalue weighted by Crippen LogP contribution is -2.50.